The Labute approximate surface area is 127 Å². The van der Waals surface area contributed by atoms with Crippen LogP contribution in [0.25, 0.3) is 0 Å². The largest absolute Gasteiger partial charge is 0.378 e. The van der Waals surface area contributed by atoms with Crippen LogP contribution in [0.1, 0.15) is 30.9 Å². The lowest BCUT2D eigenvalue weighted by atomic mass is 10.0. The lowest BCUT2D eigenvalue weighted by molar-refractivity contribution is 0.0690. The van der Waals surface area contributed by atoms with Crippen molar-refractivity contribution >= 4 is 23.0 Å². The van der Waals surface area contributed by atoms with Gasteiger partial charge in [0, 0.05) is 18.8 Å². The molecular formula is C16H24N2OS. The second-order valence-electron chi connectivity index (χ2n) is 5.28. The fourth-order valence-corrected chi connectivity index (χ4v) is 2.66. The minimum Gasteiger partial charge on any atom is -0.378 e. The molecule has 1 aromatic rings. The van der Waals surface area contributed by atoms with Crippen molar-refractivity contribution in [2.24, 2.45) is 0 Å². The Balaban J connectivity index is 1.96. The topological polar surface area (TPSA) is 24.5 Å². The molecule has 0 radical (unpaired) electrons. The molecular weight excluding hydrogens is 268 g/mol. The van der Waals surface area contributed by atoms with E-state index in [-0.39, 0.29) is 0 Å². The summed E-state index contributed by atoms with van der Waals surface area (Å²) < 4.78 is 5.35. The number of nitrogens with one attached hydrogen (secondary N) is 1. The summed E-state index contributed by atoms with van der Waals surface area (Å²) in [6.07, 6.45) is 3.64. The number of ether oxygens (including phenoxy) is 1. The van der Waals surface area contributed by atoms with Crippen molar-refractivity contribution in [1.29, 1.82) is 0 Å². The van der Waals surface area contributed by atoms with Crippen molar-refractivity contribution in [2.75, 3.05) is 31.6 Å². The summed E-state index contributed by atoms with van der Waals surface area (Å²) in [4.78, 5) is 2.17. The molecule has 1 heterocycles. The molecule has 0 saturated carbocycles. The van der Waals surface area contributed by atoms with Gasteiger partial charge in [0.15, 0.2) is 5.11 Å². The zero-order valence-corrected chi connectivity index (χ0v) is 13.3. The van der Waals surface area contributed by atoms with E-state index in [1.807, 2.05) is 0 Å². The Morgan fingerprint density at radius 2 is 2.10 bits per heavy atom. The van der Waals surface area contributed by atoms with E-state index in [2.05, 4.69) is 42.3 Å². The highest BCUT2D eigenvalue weighted by Crippen LogP contribution is 2.18. The third kappa shape index (κ3) is 4.18. The van der Waals surface area contributed by atoms with E-state index in [1.165, 1.54) is 24.0 Å². The Kier molecular flexibility index (Phi) is 5.80. The first-order valence-electron chi connectivity index (χ1n) is 7.44. The highest BCUT2D eigenvalue weighted by molar-refractivity contribution is 7.80. The molecule has 0 atom stereocenters. The molecule has 1 aliphatic rings. The third-order valence-corrected chi connectivity index (χ3v) is 4.01. The van der Waals surface area contributed by atoms with Gasteiger partial charge in [-0.1, -0.05) is 25.5 Å². The van der Waals surface area contributed by atoms with Crippen molar-refractivity contribution in [2.45, 2.75) is 33.1 Å². The number of hydrogen-bond donors (Lipinski definition) is 1. The van der Waals surface area contributed by atoms with E-state index in [9.17, 15) is 0 Å². The lowest BCUT2D eigenvalue weighted by Crippen LogP contribution is -2.42. The number of aryl methyl sites for hydroxylation is 2. The van der Waals surface area contributed by atoms with Gasteiger partial charge < -0.3 is 15.0 Å². The summed E-state index contributed by atoms with van der Waals surface area (Å²) in [5.74, 6) is 0. The number of rotatable bonds is 4. The minimum atomic E-state index is 0.761. The molecule has 4 heteroatoms. The van der Waals surface area contributed by atoms with E-state index in [0.29, 0.717) is 0 Å². The number of nitrogens with zero attached hydrogens (tertiary/aromatic N) is 1. The SMILES string of the molecule is CCCCc1ccc(NC(=S)N2CCOCC2)c(C)c1. The third-order valence-electron chi connectivity index (χ3n) is 3.65. The fraction of sp³-hybridized carbons (Fsp3) is 0.562. The van der Waals surface area contributed by atoms with Gasteiger partial charge in [0.25, 0.3) is 0 Å². The van der Waals surface area contributed by atoms with Crippen LogP contribution in [-0.4, -0.2) is 36.3 Å². The van der Waals surface area contributed by atoms with Crippen LogP contribution in [0.5, 0.6) is 0 Å². The van der Waals surface area contributed by atoms with Gasteiger partial charge in [-0.3, -0.25) is 0 Å². The number of hydrogen-bond acceptors (Lipinski definition) is 2. The number of benzene rings is 1. The van der Waals surface area contributed by atoms with Crippen LogP contribution < -0.4 is 5.32 Å². The second kappa shape index (κ2) is 7.60. The summed E-state index contributed by atoms with van der Waals surface area (Å²) >= 11 is 5.48. The Morgan fingerprint density at radius 1 is 1.35 bits per heavy atom. The molecule has 110 valence electrons. The van der Waals surface area contributed by atoms with Crippen LogP contribution in [0, 0.1) is 6.92 Å². The van der Waals surface area contributed by atoms with Crippen LogP contribution in [0.2, 0.25) is 0 Å². The molecule has 2 rings (SSSR count). The summed E-state index contributed by atoms with van der Waals surface area (Å²) in [7, 11) is 0. The molecule has 0 bridgehead atoms. The normalized spacial score (nSPS) is 15.2. The van der Waals surface area contributed by atoms with E-state index in [4.69, 9.17) is 17.0 Å². The van der Waals surface area contributed by atoms with Crippen LogP contribution in [0.4, 0.5) is 5.69 Å². The van der Waals surface area contributed by atoms with Gasteiger partial charge in [-0.2, -0.15) is 0 Å². The average Bonchev–Trinajstić information content (AvgIpc) is 2.48. The van der Waals surface area contributed by atoms with Gasteiger partial charge in [-0.15, -0.1) is 0 Å². The molecule has 1 N–H and O–H groups in total. The van der Waals surface area contributed by atoms with Gasteiger partial charge in [0.05, 0.1) is 13.2 Å². The Hall–Kier alpha value is -1.13. The predicted octanol–water partition coefficient (Wildman–Crippen LogP) is 3.37. The molecule has 1 saturated heterocycles. The maximum absolute atomic E-state index is 5.48. The average molecular weight is 292 g/mol. The van der Waals surface area contributed by atoms with E-state index in [1.54, 1.807) is 0 Å². The zero-order valence-electron chi connectivity index (χ0n) is 12.4. The summed E-state index contributed by atoms with van der Waals surface area (Å²) in [5, 5.41) is 4.17. The second-order valence-corrected chi connectivity index (χ2v) is 5.67. The maximum atomic E-state index is 5.48. The highest BCUT2D eigenvalue weighted by Gasteiger charge is 2.14. The smallest absolute Gasteiger partial charge is 0.173 e. The van der Waals surface area contributed by atoms with Crippen LogP contribution in [0.15, 0.2) is 18.2 Å². The number of morpholine rings is 1. The highest BCUT2D eigenvalue weighted by atomic mass is 32.1. The first-order chi connectivity index (χ1) is 9.70. The molecule has 0 aromatic heterocycles. The number of anilines is 1. The Bertz CT molecular complexity index is 456. The van der Waals surface area contributed by atoms with Gasteiger partial charge >= 0.3 is 0 Å². The molecule has 3 nitrogen and oxygen atoms in total. The summed E-state index contributed by atoms with van der Waals surface area (Å²) in [6, 6.07) is 6.61. The summed E-state index contributed by atoms with van der Waals surface area (Å²) in [6.45, 7) is 7.63. The number of unbranched alkanes of at least 4 members (excludes halogenated alkanes) is 1. The standard InChI is InChI=1S/C16H24N2OS/c1-3-4-5-14-6-7-15(13(2)12-14)17-16(20)18-8-10-19-11-9-18/h6-7,12H,3-5,8-11H2,1-2H3,(H,17,20). The predicted molar refractivity (Wildman–Crippen MR) is 88.4 cm³/mol. The van der Waals surface area contributed by atoms with Gasteiger partial charge in [0.2, 0.25) is 0 Å². The van der Waals surface area contributed by atoms with Gasteiger partial charge in [-0.25, -0.2) is 0 Å². The molecule has 0 aliphatic carbocycles. The van der Waals surface area contributed by atoms with Gasteiger partial charge in [-0.05, 0) is 49.2 Å². The monoisotopic (exact) mass is 292 g/mol. The molecule has 1 aromatic carbocycles. The zero-order chi connectivity index (χ0) is 14.4. The minimum absolute atomic E-state index is 0.761. The van der Waals surface area contributed by atoms with Crippen molar-refractivity contribution in [3.8, 4) is 0 Å². The van der Waals surface area contributed by atoms with Crippen LogP contribution in [-0.2, 0) is 11.2 Å². The molecule has 20 heavy (non-hydrogen) atoms. The van der Waals surface area contributed by atoms with E-state index >= 15 is 0 Å². The molecule has 0 spiro atoms. The van der Waals surface area contributed by atoms with E-state index in [0.717, 1.165) is 43.5 Å². The first-order valence-corrected chi connectivity index (χ1v) is 7.84. The van der Waals surface area contributed by atoms with E-state index < -0.39 is 0 Å². The first kappa shape index (κ1) is 15.3. The van der Waals surface area contributed by atoms with Crippen LogP contribution in [0.3, 0.4) is 0 Å². The van der Waals surface area contributed by atoms with Crippen molar-refractivity contribution in [3.63, 3.8) is 0 Å². The molecule has 1 aliphatic heterocycles. The van der Waals surface area contributed by atoms with Crippen molar-refractivity contribution in [1.82, 2.24) is 4.90 Å². The lowest BCUT2D eigenvalue weighted by Gasteiger charge is -2.29. The fourth-order valence-electron chi connectivity index (χ4n) is 2.36. The number of thiocarbonyl (C=S) groups is 1. The van der Waals surface area contributed by atoms with Gasteiger partial charge in [0.1, 0.15) is 0 Å². The summed E-state index contributed by atoms with van der Waals surface area (Å²) in [5.41, 5.74) is 3.78. The quantitative estimate of drug-likeness (QED) is 0.860. The molecule has 0 unspecified atom stereocenters. The molecule has 0 amide bonds. The molecule has 1 fully saturated rings. The van der Waals surface area contributed by atoms with Crippen molar-refractivity contribution < 1.29 is 4.74 Å². The van der Waals surface area contributed by atoms with Crippen LogP contribution >= 0.6 is 12.2 Å². The Morgan fingerprint density at radius 3 is 2.75 bits per heavy atom. The maximum Gasteiger partial charge on any atom is 0.173 e. The van der Waals surface area contributed by atoms with Crippen molar-refractivity contribution in [3.05, 3.63) is 29.3 Å².